The van der Waals surface area contributed by atoms with E-state index in [0.29, 0.717) is 22.2 Å². The fourth-order valence-electron chi connectivity index (χ4n) is 1.67. The van der Waals surface area contributed by atoms with E-state index in [9.17, 15) is 4.79 Å². The van der Waals surface area contributed by atoms with E-state index in [4.69, 9.17) is 9.47 Å². The third-order valence-electron chi connectivity index (χ3n) is 2.52. The Morgan fingerprint density at radius 3 is 2.65 bits per heavy atom. The van der Waals surface area contributed by atoms with E-state index in [1.54, 1.807) is 31.4 Å². The van der Waals surface area contributed by atoms with Gasteiger partial charge in [0.05, 0.1) is 25.6 Å². The van der Waals surface area contributed by atoms with Gasteiger partial charge in [0.1, 0.15) is 5.00 Å². The maximum absolute atomic E-state index is 11.9. The number of carbonyl (C=O) groups is 1. The van der Waals surface area contributed by atoms with Crippen molar-refractivity contribution in [1.29, 1.82) is 0 Å². The number of hydrogen-bond acceptors (Lipinski definition) is 5. The Bertz CT molecular complexity index is 613. The number of urea groups is 1. The summed E-state index contributed by atoms with van der Waals surface area (Å²) >= 11 is 1.23. The molecule has 2 N–H and O–H groups in total. The standard InChI is InChI=1S/C13H15N3O3S/c1-8-7-11(20-16-8)15-13(17)14-9-5-4-6-10(18-2)12(9)19-3/h4-7H,1-3H3,(H2,14,15,17). The largest absolute Gasteiger partial charge is 0.493 e. The Hall–Kier alpha value is -2.28. The van der Waals surface area contributed by atoms with Crippen LogP contribution in [0.3, 0.4) is 0 Å². The summed E-state index contributed by atoms with van der Waals surface area (Å²) < 4.78 is 14.5. The van der Waals surface area contributed by atoms with Crippen LogP contribution in [-0.4, -0.2) is 24.6 Å². The van der Waals surface area contributed by atoms with Crippen LogP contribution in [0.2, 0.25) is 0 Å². The van der Waals surface area contributed by atoms with Gasteiger partial charge in [-0.2, -0.15) is 4.37 Å². The lowest BCUT2D eigenvalue weighted by Gasteiger charge is -2.13. The third kappa shape index (κ3) is 3.18. The van der Waals surface area contributed by atoms with Gasteiger partial charge in [-0.15, -0.1) is 0 Å². The third-order valence-corrected chi connectivity index (χ3v) is 3.31. The molecule has 2 amide bonds. The van der Waals surface area contributed by atoms with Crippen LogP contribution in [0.25, 0.3) is 0 Å². The van der Waals surface area contributed by atoms with Gasteiger partial charge in [-0.1, -0.05) is 6.07 Å². The van der Waals surface area contributed by atoms with Crippen molar-refractivity contribution in [3.63, 3.8) is 0 Å². The van der Waals surface area contributed by atoms with Crippen LogP contribution in [0.15, 0.2) is 24.3 Å². The number of anilines is 2. The minimum atomic E-state index is -0.361. The first-order valence-electron chi connectivity index (χ1n) is 5.86. The first-order chi connectivity index (χ1) is 9.63. The molecule has 0 spiro atoms. The highest BCUT2D eigenvalue weighted by atomic mass is 32.1. The molecule has 0 saturated heterocycles. The molecule has 7 heteroatoms. The number of carbonyl (C=O) groups excluding carboxylic acids is 1. The van der Waals surface area contributed by atoms with Gasteiger partial charge < -0.3 is 14.8 Å². The minimum Gasteiger partial charge on any atom is -0.493 e. The molecular weight excluding hydrogens is 278 g/mol. The van der Waals surface area contributed by atoms with E-state index < -0.39 is 0 Å². The quantitative estimate of drug-likeness (QED) is 0.908. The number of rotatable bonds is 4. The van der Waals surface area contributed by atoms with Crippen molar-refractivity contribution in [3.05, 3.63) is 30.0 Å². The van der Waals surface area contributed by atoms with Crippen LogP contribution in [0.5, 0.6) is 11.5 Å². The summed E-state index contributed by atoms with van der Waals surface area (Å²) in [4.78, 5) is 11.9. The predicted octanol–water partition coefficient (Wildman–Crippen LogP) is 3.11. The molecule has 0 aliphatic rings. The topological polar surface area (TPSA) is 72.5 Å². The van der Waals surface area contributed by atoms with Gasteiger partial charge in [0.2, 0.25) is 0 Å². The molecule has 6 nitrogen and oxygen atoms in total. The van der Waals surface area contributed by atoms with Crippen LogP contribution in [0.4, 0.5) is 15.5 Å². The molecule has 0 aliphatic carbocycles. The van der Waals surface area contributed by atoms with E-state index in [1.165, 1.54) is 18.6 Å². The van der Waals surface area contributed by atoms with E-state index in [-0.39, 0.29) is 6.03 Å². The molecule has 20 heavy (non-hydrogen) atoms. The fraction of sp³-hybridized carbons (Fsp3) is 0.231. The Kier molecular flexibility index (Phi) is 4.41. The molecule has 1 aromatic carbocycles. The van der Waals surface area contributed by atoms with Crippen LogP contribution >= 0.6 is 11.5 Å². The normalized spacial score (nSPS) is 9.95. The summed E-state index contributed by atoms with van der Waals surface area (Å²) in [6.45, 7) is 1.87. The zero-order chi connectivity index (χ0) is 14.5. The number of ether oxygens (including phenoxy) is 2. The smallest absolute Gasteiger partial charge is 0.324 e. The molecule has 1 aromatic heterocycles. The maximum atomic E-state index is 11.9. The average molecular weight is 293 g/mol. The molecule has 0 radical (unpaired) electrons. The molecule has 2 aromatic rings. The van der Waals surface area contributed by atoms with E-state index in [2.05, 4.69) is 15.0 Å². The second kappa shape index (κ2) is 6.25. The molecule has 0 atom stereocenters. The number of nitrogens with zero attached hydrogens (tertiary/aromatic N) is 1. The second-order valence-corrected chi connectivity index (χ2v) is 4.76. The first-order valence-corrected chi connectivity index (χ1v) is 6.63. The van der Waals surface area contributed by atoms with Gasteiger partial charge >= 0.3 is 6.03 Å². The lowest BCUT2D eigenvalue weighted by Crippen LogP contribution is -2.19. The van der Waals surface area contributed by atoms with E-state index >= 15 is 0 Å². The summed E-state index contributed by atoms with van der Waals surface area (Å²) in [5.74, 6) is 1.03. The van der Waals surface area contributed by atoms with Crippen LogP contribution in [-0.2, 0) is 0 Å². The molecule has 106 valence electrons. The van der Waals surface area contributed by atoms with Gasteiger partial charge in [0.15, 0.2) is 11.5 Å². The summed E-state index contributed by atoms with van der Waals surface area (Å²) in [6.07, 6.45) is 0. The monoisotopic (exact) mass is 293 g/mol. The summed E-state index contributed by atoms with van der Waals surface area (Å²) in [5.41, 5.74) is 1.40. The predicted molar refractivity (Wildman–Crippen MR) is 79.0 cm³/mol. The lowest BCUT2D eigenvalue weighted by atomic mass is 10.2. The van der Waals surface area contributed by atoms with Crippen LogP contribution in [0, 0.1) is 6.92 Å². The maximum Gasteiger partial charge on any atom is 0.324 e. The lowest BCUT2D eigenvalue weighted by molar-refractivity contribution is 0.262. The highest BCUT2D eigenvalue weighted by Gasteiger charge is 2.12. The van der Waals surface area contributed by atoms with Crippen molar-refractivity contribution in [2.24, 2.45) is 0 Å². The van der Waals surface area contributed by atoms with Crippen molar-refractivity contribution in [2.45, 2.75) is 6.92 Å². The minimum absolute atomic E-state index is 0.361. The van der Waals surface area contributed by atoms with Crippen molar-refractivity contribution in [2.75, 3.05) is 24.9 Å². The summed E-state index contributed by atoms with van der Waals surface area (Å²) in [7, 11) is 3.06. The molecule has 0 aliphatic heterocycles. The number of nitrogens with one attached hydrogen (secondary N) is 2. The summed E-state index contributed by atoms with van der Waals surface area (Å²) in [5, 5.41) is 6.11. The number of benzene rings is 1. The number of amides is 2. The van der Waals surface area contributed by atoms with Crippen molar-refractivity contribution in [1.82, 2.24) is 4.37 Å². The van der Waals surface area contributed by atoms with E-state index in [1.807, 2.05) is 6.92 Å². The molecule has 0 unspecified atom stereocenters. The van der Waals surface area contributed by atoms with Gasteiger partial charge in [0.25, 0.3) is 0 Å². The molecule has 0 fully saturated rings. The second-order valence-electron chi connectivity index (χ2n) is 3.95. The fourth-order valence-corrected chi connectivity index (χ4v) is 2.33. The van der Waals surface area contributed by atoms with Crippen LogP contribution < -0.4 is 20.1 Å². The number of para-hydroxylation sites is 1. The number of hydrogen-bond donors (Lipinski definition) is 2. The summed E-state index contributed by atoms with van der Waals surface area (Å²) in [6, 6.07) is 6.70. The zero-order valence-corrected chi connectivity index (χ0v) is 12.2. The first kappa shape index (κ1) is 14.1. The zero-order valence-electron chi connectivity index (χ0n) is 11.4. The van der Waals surface area contributed by atoms with Gasteiger partial charge in [0, 0.05) is 0 Å². The molecule has 2 rings (SSSR count). The van der Waals surface area contributed by atoms with Crippen molar-refractivity contribution < 1.29 is 14.3 Å². The number of aryl methyl sites for hydroxylation is 1. The number of aromatic nitrogens is 1. The highest BCUT2D eigenvalue weighted by molar-refractivity contribution is 7.10. The molecular formula is C13H15N3O3S. The van der Waals surface area contributed by atoms with Gasteiger partial charge in [-0.3, -0.25) is 5.32 Å². The van der Waals surface area contributed by atoms with Crippen LogP contribution in [0.1, 0.15) is 5.69 Å². The SMILES string of the molecule is COc1cccc(NC(=O)Nc2cc(C)ns2)c1OC. The average Bonchev–Trinajstić information content (AvgIpc) is 2.83. The Morgan fingerprint density at radius 2 is 2.05 bits per heavy atom. The molecule has 1 heterocycles. The molecule has 0 saturated carbocycles. The van der Waals surface area contributed by atoms with Crippen molar-refractivity contribution in [3.8, 4) is 11.5 Å². The Labute approximate surface area is 120 Å². The Morgan fingerprint density at radius 1 is 1.25 bits per heavy atom. The molecule has 0 bridgehead atoms. The number of methoxy groups -OCH3 is 2. The van der Waals surface area contributed by atoms with E-state index in [0.717, 1.165) is 5.69 Å². The Balaban J connectivity index is 2.11. The van der Waals surface area contributed by atoms with Gasteiger partial charge in [-0.25, -0.2) is 4.79 Å². The van der Waals surface area contributed by atoms with Gasteiger partial charge in [-0.05, 0) is 36.7 Å². The highest BCUT2D eigenvalue weighted by Crippen LogP contribution is 2.34. The van der Waals surface area contributed by atoms with Crippen molar-refractivity contribution >= 4 is 28.3 Å².